The number of benzene rings is 1. The van der Waals surface area contributed by atoms with Crippen molar-refractivity contribution in [2.75, 3.05) is 0 Å². The van der Waals surface area contributed by atoms with Crippen LogP contribution in [0.2, 0.25) is 6.32 Å². The highest BCUT2D eigenvalue weighted by Gasteiger charge is 2.48. The third-order valence-corrected chi connectivity index (χ3v) is 7.04. The molecule has 3 rings (SSSR count). The predicted octanol–water partition coefficient (Wildman–Crippen LogP) is 2.51. The van der Waals surface area contributed by atoms with Gasteiger partial charge in [-0.25, -0.2) is 0 Å². The number of hydrogen-bond acceptors (Lipinski definition) is 5. The average Bonchev–Trinajstić information content (AvgIpc) is 2.68. The summed E-state index contributed by atoms with van der Waals surface area (Å²) in [4.78, 5) is 11.8. The summed E-state index contributed by atoms with van der Waals surface area (Å²) in [6.07, 6.45) is 8.16. The fourth-order valence-corrected chi connectivity index (χ4v) is 5.06. The van der Waals surface area contributed by atoms with Crippen molar-refractivity contribution >= 4 is 13.1 Å². The number of nitrogens with two attached hydrogens (primary N) is 1. The third kappa shape index (κ3) is 5.82. The van der Waals surface area contributed by atoms with Gasteiger partial charge in [0.05, 0.1) is 0 Å². The van der Waals surface area contributed by atoms with Crippen LogP contribution in [0.1, 0.15) is 69.3 Å². The molecule has 1 aromatic carbocycles. The van der Waals surface area contributed by atoms with Crippen molar-refractivity contribution in [3.8, 4) is 0 Å². The minimum atomic E-state index is -1.33. The molecule has 1 atom stereocenters. The summed E-state index contributed by atoms with van der Waals surface area (Å²) in [5.41, 5.74) is 6.53. The number of aliphatic carboxylic acids is 1. The quantitative estimate of drug-likeness (QED) is 0.303. The molecule has 0 aromatic heterocycles. The van der Waals surface area contributed by atoms with Crippen molar-refractivity contribution in [3.63, 3.8) is 0 Å². The number of hydrogen-bond donors (Lipinski definition) is 5. The fraction of sp³-hybridized carbons (Fsp3) is 0.682. The van der Waals surface area contributed by atoms with Crippen LogP contribution in [0.5, 0.6) is 0 Å². The van der Waals surface area contributed by atoms with Crippen LogP contribution in [0.15, 0.2) is 30.3 Å². The lowest BCUT2D eigenvalue weighted by Crippen LogP contribution is -2.62. The molecule has 1 unspecified atom stereocenters. The normalized spacial score (nSPS) is 28.9. The van der Waals surface area contributed by atoms with E-state index in [2.05, 4.69) is 35.6 Å². The van der Waals surface area contributed by atoms with Crippen LogP contribution >= 0.6 is 0 Å². The van der Waals surface area contributed by atoms with Gasteiger partial charge in [0.15, 0.2) is 0 Å². The highest BCUT2D eigenvalue weighted by Crippen LogP contribution is 2.40. The number of carboxylic acids is 1. The molecule has 0 bridgehead atoms. The molecule has 2 fully saturated rings. The van der Waals surface area contributed by atoms with E-state index in [0.29, 0.717) is 37.3 Å². The van der Waals surface area contributed by atoms with Crippen molar-refractivity contribution in [2.45, 2.75) is 87.6 Å². The molecule has 0 aliphatic heterocycles. The SMILES string of the molecule is NC(CCCCB(O)O)(C(=O)O)C1CC(NC2CCC(c3ccccc3)CC2)C1. The molecule has 7 heteroatoms. The maximum Gasteiger partial charge on any atom is 0.451 e. The van der Waals surface area contributed by atoms with Crippen molar-refractivity contribution < 1.29 is 19.9 Å². The molecule has 2 aliphatic carbocycles. The number of carbonyl (C=O) groups is 1. The summed E-state index contributed by atoms with van der Waals surface area (Å²) in [6.45, 7) is 0. The molecular weight excluding hydrogens is 367 g/mol. The van der Waals surface area contributed by atoms with Gasteiger partial charge in [0, 0.05) is 12.1 Å². The molecule has 0 saturated heterocycles. The summed E-state index contributed by atoms with van der Waals surface area (Å²) < 4.78 is 0. The molecule has 0 radical (unpaired) electrons. The Morgan fingerprint density at radius 1 is 1.07 bits per heavy atom. The number of unbranched alkanes of at least 4 members (excludes halogenated alkanes) is 1. The van der Waals surface area contributed by atoms with Crippen molar-refractivity contribution in [3.05, 3.63) is 35.9 Å². The van der Waals surface area contributed by atoms with E-state index in [0.717, 1.165) is 25.7 Å². The zero-order chi connectivity index (χ0) is 20.9. The molecule has 0 spiro atoms. The van der Waals surface area contributed by atoms with Gasteiger partial charge in [-0.2, -0.15) is 0 Å². The summed E-state index contributed by atoms with van der Waals surface area (Å²) in [5.74, 6) is -0.296. The molecule has 6 N–H and O–H groups in total. The first kappa shape index (κ1) is 22.3. The molecule has 2 saturated carbocycles. The maximum absolute atomic E-state index is 11.8. The Morgan fingerprint density at radius 3 is 2.31 bits per heavy atom. The standard InChI is InChI=1S/C22H35BN2O4/c24-22(21(26)27,12-4-5-13-23(28)29)18-14-20(15-18)25-19-10-8-17(9-11-19)16-6-2-1-3-7-16/h1-3,6-7,17-20,25,28-29H,4-5,8-15,24H2,(H,26,27). The van der Waals surface area contributed by atoms with E-state index in [1.165, 1.54) is 18.4 Å². The second-order valence-corrected chi connectivity index (χ2v) is 9.06. The minimum Gasteiger partial charge on any atom is -0.480 e. The highest BCUT2D eigenvalue weighted by atomic mass is 16.4. The van der Waals surface area contributed by atoms with E-state index in [1.807, 2.05) is 0 Å². The number of rotatable bonds is 10. The molecule has 160 valence electrons. The Bertz CT molecular complexity index is 645. The van der Waals surface area contributed by atoms with Gasteiger partial charge in [-0.15, -0.1) is 0 Å². The Hall–Kier alpha value is -1.41. The largest absolute Gasteiger partial charge is 0.480 e. The van der Waals surface area contributed by atoms with Crippen molar-refractivity contribution in [1.29, 1.82) is 0 Å². The molecule has 0 amide bonds. The van der Waals surface area contributed by atoms with Gasteiger partial charge in [-0.05, 0) is 68.7 Å². The first-order chi connectivity index (χ1) is 13.9. The van der Waals surface area contributed by atoms with Crippen LogP contribution in [0.4, 0.5) is 0 Å². The summed E-state index contributed by atoms with van der Waals surface area (Å²) in [6, 6.07) is 11.6. The second-order valence-electron chi connectivity index (χ2n) is 9.06. The van der Waals surface area contributed by atoms with E-state index in [4.69, 9.17) is 15.8 Å². The zero-order valence-corrected chi connectivity index (χ0v) is 17.2. The lowest BCUT2D eigenvalue weighted by molar-refractivity contribution is -0.148. The summed E-state index contributed by atoms with van der Waals surface area (Å²) in [7, 11) is -1.33. The third-order valence-electron chi connectivity index (χ3n) is 7.04. The maximum atomic E-state index is 11.8. The van der Waals surface area contributed by atoms with E-state index < -0.39 is 18.6 Å². The molecule has 29 heavy (non-hydrogen) atoms. The van der Waals surface area contributed by atoms with Crippen molar-refractivity contribution in [2.24, 2.45) is 11.7 Å². The van der Waals surface area contributed by atoms with Crippen LogP contribution < -0.4 is 11.1 Å². The smallest absolute Gasteiger partial charge is 0.451 e. The minimum absolute atomic E-state index is 0.0165. The first-order valence-electron chi connectivity index (χ1n) is 11.1. The first-order valence-corrected chi connectivity index (χ1v) is 11.1. The van der Waals surface area contributed by atoms with Crippen LogP contribution in [-0.2, 0) is 4.79 Å². The average molecular weight is 402 g/mol. The van der Waals surface area contributed by atoms with Gasteiger partial charge < -0.3 is 26.2 Å². The number of nitrogens with one attached hydrogen (secondary N) is 1. The van der Waals surface area contributed by atoms with E-state index >= 15 is 0 Å². The highest BCUT2D eigenvalue weighted by molar-refractivity contribution is 6.40. The predicted molar refractivity (Wildman–Crippen MR) is 114 cm³/mol. The summed E-state index contributed by atoms with van der Waals surface area (Å²) >= 11 is 0. The van der Waals surface area contributed by atoms with E-state index in [-0.39, 0.29) is 12.2 Å². The molecule has 0 heterocycles. The van der Waals surface area contributed by atoms with Crippen LogP contribution in [-0.4, -0.2) is 45.9 Å². The Kier molecular flexibility index (Phi) is 7.74. The van der Waals surface area contributed by atoms with Crippen LogP contribution in [0, 0.1) is 5.92 Å². The van der Waals surface area contributed by atoms with Crippen LogP contribution in [0.25, 0.3) is 0 Å². The fourth-order valence-electron chi connectivity index (χ4n) is 5.06. The lowest BCUT2D eigenvalue weighted by Gasteiger charge is -2.46. The lowest BCUT2D eigenvalue weighted by atomic mass is 9.65. The Labute approximate surface area is 174 Å². The zero-order valence-electron chi connectivity index (χ0n) is 17.2. The van der Waals surface area contributed by atoms with Crippen LogP contribution in [0.3, 0.4) is 0 Å². The molecular formula is C22H35BN2O4. The molecule has 6 nitrogen and oxygen atoms in total. The van der Waals surface area contributed by atoms with Gasteiger partial charge in [0.2, 0.25) is 0 Å². The van der Waals surface area contributed by atoms with E-state index in [1.54, 1.807) is 0 Å². The molecule has 2 aliphatic rings. The topological polar surface area (TPSA) is 116 Å². The van der Waals surface area contributed by atoms with Gasteiger partial charge in [-0.3, -0.25) is 4.79 Å². The Balaban J connectivity index is 1.40. The number of carboxylic acid groups (broad SMARTS) is 1. The van der Waals surface area contributed by atoms with E-state index in [9.17, 15) is 9.90 Å². The molecule has 1 aromatic rings. The van der Waals surface area contributed by atoms with Gasteiger partial charge in [0.1, 0.15) is 5.54 Å². The van der Waals surface area contributed by atoms with Gasteiger partial charge in [-0.1, -0.05) is 43.2 Å². The summed E-state index contributed by atoms with van der Waals surface area (Å²) in [5, 5.41) is 31.3. The second kappa shape index (κ2) is 10.1. The monoisotopic (exact) mass is 402 g/mol. The Morgan fingerprint density at radius 2 is 1.72 bits per heavy atom. The van der Waals surface area contributed by atoms with Gasteiger partial charge in [0.25, 0.3) is 0 Å². The van der Waals surface area contributed by atoms with Gasteiger partial charge >= 0.3 is 13.1 Å². The van der Waals surface area contributed by atoms with Crippen molar-refractivity contribution in [1.82, 2.24) is 5.32 Å².